The third-order valence-corrected chi connectivity index (χ3v) is 3.55. The molecule has 2 rings (SSSR count). The lowest BCUT2D eigenvalue weighted by molar-refractivity contribution is -0.120. The Hall–Kier alpha value is -2.10. The fourth-order valence-electron chi connectivity index (χ4n) is 1.86. The molecule has 1 aromatic heterocycles. The van der Waals surface area contributed by atoms with E-state index < -0.39 is 5.41 Å². The van der Waals surface area contributed by atoms with Crippen LogP contribution in [0.25, 0.3) is 0 Å². The molecule has 1 aromatic carbocycles. The third-order valence-electron chi connectivity index (χ3n) is 3.55. The molecule has 0 aliphatic carbocycles. The molecule has 4 heteroatoms. The van der Waals surface area contributed by atoms with Gasteiger partial charge in [-0.2, -0.15) is 5.10 Å². The molecule has 1 amide bonds. The van der Waals surface area contributed by atoms with Gasteiger partial charge in [-0.15, -0.1) is 0 Å². The van der Waals surface area contributed by atoms with Crippen molar-refractivity contribution in [2.24, 2.45) is 0 Å². The van der Waals surface area contributed by atoms with E-state index in [0.717, 1.165) is 16.8 Å². The average Bonchev–Trinajstić information content (AvgIpc) is 2.71. The Bertz CT molecular complexity index is 585. The van der Waals surface area contributed by atoms with Crippen molar-refractivity contribution in [1.82, 2.24) is 10.2 Å². The summed E-state index contributed by atoms with van der Waals surface area (Å²) in [6, 6.07) is 9.74. The molecule has 19 heavy (non-hydrogen) atoms. The molecular weight excluding hydrogens is 238 g/mol. The van der Waals surface area contributed by atoms with Gasteiger partial charge in [0.15, 0.2) is 5.82 Å². The van der Waals surface area contributed by atoms with E-state index in [1.165, 1.54) is 0 Å². The molecule has 100 valence electrons. The van der Waals surface area contributed by atoms with E-state index in [0.29, 0.717) is 5.82 Å². The highest BCUT2D eigenvalue weighted by Crippen LogP contribution is 2.25. The van der Waals surface area contributed by atoms with Crippen molar-refractivity contribution in [2.75, 3.05) is 5.32 Å². The molecule has 0 aliphatic heterocycles. The quantitative estimate of drug-likeness (QED) is 0.888. The first-order chi connectivity index (χ1) is 8.93. The van der Waals surface area contributed by atoms with Gasteiger partial charge < -0.3 is 5.32 Å². The number of carbonyl (C=O) groups excluding carboxylic acids is 1. The van der Waals surface area contributed by atoms with Gasteiger partial charge in [0, 0.05) is 11.3 Å². The summed E-state index contributed by atoms with van der Waals surface area (Å²) >= 11 is 0. The lowest BCUT2D eigenvalue weighted by atomic mass is 9.84. The summed E-state index contributed by atoms with van der Waals surface area (Å²) in [7, 11) is 0. The molecule has 0 aliphatic rings. The molecule has 0 atom stereocenters. The molecule has 4 nitrogen and oxygen atoms in total. The van der Waals surface area contributed by atoms with Crippen LogP contribution in [-0.4, -0.2) is 16.1 Å². The van der Waals surface area contributed by atoms with Crippen LogP contribution in [0, 0.1) is 13.8 Å². The highest BCUT2D eigenvalue weighted by atomic mass is 16.2. The topological polar surface area (TPSA) is 57.8 Å². The Labute approximate surface area is 113 Å². The Morgan fingerprint density at radius 2 is 1.84 bits per heavy atom. The molecule has 2 N–H and O–H groups in total. The Morgan fingerprint density at radius 3 is 2.37 bits per heavy atom. The summed E-state index contributed by atoms with van der Waals surface area (Å²) < 4.78 is 0. The molecule has 0 unspecified atom stereocenters. The minimum Gasteiger partial charge on any atom is -0.308 e. The number of nitrogens with zero attached hydrogens (tertiary/aromatic N) is 1. The fraction of sp³-hybridized carbons (Fsp3) is 0.333. The lowest BCUT2D eigenvalue weighted by Gasteiger charge is -2.23. The number of aryl methyl sites for hydroxylation is 1. The second-order valence-electron chi connectivity index (χ2n) is 5.27. The van der Waals surface area contributed by atoms with Crippen LogP contribution in [0.1, 0.15) is 30.7 Å². The molecule has 0 radical (unpaired) electrons. The van der Waals surface area contributed by atoms with E-state index >= 15 is 0 Å². The van der Waals surface area contributed by atoms with Crippen LogP contribution in [0.5, 0.6) is 0 Å². The zero-order chi connectivity index (χ0) is 14.0. The van der Waals surface area contributed by atoms with Crippen LogP contribution in [0.15, 0.2) is 30.3 Å². The maximum absolute atomic E-state index is 12.4. The SMILES string of the molecule is Cc1[nH]nc(NC(=O)C(C)(C)c2ccccc2)c1C. The summed E-state index contributed by atoms with van der Waals surface area (Å²) in [5.74, 6) is 0.541. The summed E-state index contributed by atoms with van der Waals surface area (Å²) in [6.07, 6.45) is 0. The normalized spacial score (nSPS) is 11.4. The Morgan fingerprint density at radius 1 is 1.21 bits per heavy atom. The summed E-state index contributed by atoms with van der Waals surface area (Å²) in [5.41, 5.74) is 2.32. The highest BCUT2D eigenvalue weighted by molar-refractivity contribution is 5.98. The number of benzene rings is 1. The van der Waals surface area contributed by atoms with E-state index in [1.54, 1.807) is 0 Å². The monoisotopic (exact) mass is 257 g/mol. The van der Waals surface area contributed by atoms with Crippen molar-refractivity contribution >= 4 is 11.7 Å². The third kappa shape index (κ3) is 2.52. The number of nitrogens with one attached hydrogen (secondary N) is 2. The largest absolute Gasteiger partial charge is 0.308 e. The van der Waals surface area contributed by atoms with Gasteiger partial charge in [-0.1, -0.05) is 30.3 Å². The number of aromatic nitrogens is 2. The van der Waals surface area contributed by atoms with Crippen LogP contribution in [0.3, 0.4) is 0 Å². The predicted octanol–water partition coefficient (Wildman–Crippen LogP) is 2.94. The van der Waals surface area contributed by atoms with Crippen molar-refractivity contribution in [3.05, 3.63) is 47.2 Å². The maximum Gasteiger partial charge on any atom is 0.235 e. The number of H-pyrrole nitrogens is 1. The smallest absolute Gasteiger partial charge is 0.235 e. The molecule has 0 spiro atoms. The van der Waals surface area contributed by atoms with Crippen LogP contribution in [-0.2, 0) is 10.2 Å². The number of anilines is 1. The minimum absolute atomic E-state index is 0.0618. The highest BCUT2D eigenvalue weighted by Gasteiger charge is 2.30. The number of aromatic amines is 1. The van der Waals surface area contributed by atoms with Gasteiger partial charge in [0.05, 0.1) is 5.41 Å². The van der Waals surface area contributed by atoms with Gasteiger partial charge in [0.1, 0.15) is 0 Å². The van der Waals surface area contributed by atoms with Gasteiger partial charge in [-0.25, -0.2) is 0 Å². The van der Waals surface area contributed by atoms with Gasteiger partial charge in [0.25, 0.3) is 0 Å². The number of carbonyl (C=O) groups is 1. The summed E-state index contributed by atoms with van der Waals surface area (Å²) in [4.78, 5) is 12.4. The molecule has 1 heterocycles. The zero-order valence-corrected chi connectivity index (χ0v) is 11.7. The number of hydrogen-bond acceptors (Lipinski definition) is 2. The molecule has 0 saturated heterocycles. The van der Waals surface area contributed by atoms with Gasteiger partial charge in [-0.05, 0) is 33.3 Å². The van der Waals surface area contributed by atoms with Crippen LogP contribution in [0.4, 0.5) is 5.82 Å². The first-order valence-corrected chi connectivity index (χ1v) is 6.31. The van der Waals surface area contributed by atoms with E-state index in [9.17, 15) is 4.79 Å². The van der Waals surface area contributed by atoms with Crippen LogP contribution >= 0.6 is 0 Å². The first kappa shape index (κ1) is 13.3. The number of hydrogen-bond donors (Lipinski definition) is 2. The lowest BCUT2D eigenvalue weighted by Crippen LogP contribution is -2.35. The zero-order valence-electron chi connectivity index (χ0n) is 11.7. The first-order valence-electron chi connectivity index (χ1n) is 6.31. The van der Waals surface area contributed by atoms with E-state index in [1.807, 2.05) is 58.0 Å². The Balaban J connectivity index is 2.22. The number of rotatable bonds is 3. The van der Waals surface area contributed by atoms with Crippen molar-refractivity contribution in [3.8, 4) is 0 Å². The summed E-state index contributed by atoms with van der Waals surface area (Å²) in [5, 5.41) is 9.86. The molecule has 0 bridgehead atoms. The van der Waals surface area contributed by atoms with Crippen molar-refractivity contribution in [1.29, 1.82) is 0 Å². The van der Waals surface area contributed by atoms with Crippen LogP contribution < -0.4 is 5.32 Å². The molecule has 2 aromatic rings. The van der Waals surface area contributed by atoms with Crippen molar-refractivity contribution in [3.63, 3.8) is 0 Å². The second kappa shape index (κ2) is 4.88. The van der Waals surface area contributed by atoms with Gasteiger partial charge in [0.2, 0.25) is 5.91 Å². The molecular formula is C15H19N3O. The van der Waals surface area contributed by atoms with Crippen molar-refractivity contribution in [2.45, 2.75) is 33.1 Å². The fourth-order valence-corrected chi connectivity index (χ4v) is 1.86. The standard InChI is InChI=1S/C15H19N3O/c1-10-11(2)17-18-13(10)16-14(19)15(3,4)12-8-6-5-7-9-12/h5-9H,1-4H3,(H2,16,17,18,19). The Kier molecular flexibility index (Phi) is 3.42. The van der Waals surface area contributed by atoms with Gasteiger partial charge in [-0.3, -0.25) is 9.89 Å². The predicted molar refractivity (Wildman–Crippen MR) is 76.2 cm³/mol. The number of amides is 1. The average molecular weight is 257 g/mol. The second-order valence-corrected chi connectivity index (χ2v) is 5.27. The molecule has 0 fully saturated rings. The maximum atomic E-state index is 12.4. The van der Waals surface area contributed by atoms with Crippen LogP contribution in [0.2, 0.25) is 0 Å². The van der Waals surface area contributed by atoms with Gasteiger partial charge >= 0.3 is 0 Å². The molecule has 0 saturated carbocycles. The van der Waals surface area contributed by atoms with E-state index in [2.05, 4.69) is 15.5 Å². The summed E-state index contributed by atoms with van der Waals surface area (Å²) in [6.45, 7) is 7.68. The minimum atomic E-state index is -0.597. The van der Waals surface area contributed by atoms with Crippen molar-refractivity contribution < 1.29 is 4.79 Å². The van der Waals surface area contributed by atoms with E-state index in [4.69, 9.17) is 0 Å². The van der Waals surface area contributed by atoms with E-state index in [-0.39, 0.29) is 5.91 Å².